The fourth-order valence-corrected chi connectivity index (χ4v) is 3.14. The third kappa shape index (κ3) is 4.28. The van der Waals surface area contributed by atoms with Crippen LogP contribution in [0.4, 0.5) is 0 Å². The fraction of sp³-hybridized carbons (Fsp3) is 0.526. The third-order valence-electron chi connectivity index (χ3n) is 4.82. The SMILES string of the molecule is Cc1ccc(-c2noc(C(C)N3CCN(C(=O)CC(C)N)CC3)n2)cc1. The van der Waals surface area contributed by atoms with Crippen LogP contribution >= 0.6 is 0 Å². The molecule has 0 saturated carbocycles. The van der Waals surface area contributed by atoms with Crippen molar-refractivity contribution < 1.29 is 9.32 Å². The molecule has 0 radical (unpaired) electrons. The first-order valence-corrected chi connectivity index (χ1v) is 9.12. The number of aryl methyl sites for hydroxylation is 1. The van der Waals surface area contributed by atoms with E-state index in [-0.39, 0.29) is 18.0 Å². The van der Waals surface area contributed by atoms with Crippen molar-refractivity contribution >= 4 is 5.91 Å². The standard InChI is InChI=1S/C19H27N5O2/c1-13-4-6-16(7-5-13)18-21-19(26-22-18)15(3)23-8-10-24(11-9-23)17(25)12-14(2)20/h4-7,14-15H,8-12,20H2,1-3H3. The van der Waals surface area contributed by atoms with Crippen molar-refractivity contribution in [1.82, 2.24) is 19.9 Å². The van der Waals surface area contributed by atoms with E-state index in [9.17, 15) is 4.79 Å². The van der Waals surface area contributed by atoms with Crippen LogP contribution in [0.1, 0.15) is 37.8 Å². The molecule has 2 unspecified atom stereocenters. The minimum absolute atomic E-state index is 0.0207. The van der Waals surface area contributed by atoms with E-state index >= 15 is 0 Å². The molecule has 7 heteroatoms. The van der Waals surface area contributed by atoms with E-state index in [1.807, 2.05) is 43.0 Å². The molecule has 26 heavy (non-hydrogen) atoms. The van der Waals surface area contributed by atoms with Gasteiger partial charge in [-0.2, -0.15) is 4.98 Å². The smallest absolute Gasteiger partial charge is 0.244 e. The molecule has 2 N–H and O–H groups in total. The summed E-state index contributed by atoms with van der Waals surface area (Å²) in [7, 11) is 0. The zero-order chi connectivity index (χ0) is 18.7. The van der Waals surface area contributed by atoms with Gasteiger partial charge >= 0.3 is 0 Å². The van der Waals surface area contributed by atoms with Gasteiger partial charge in [0.15, 0.2) is 0 Å². The molecule has 1 aromatic carbocycles. The van der Waals surface area contributed by atoms with Crippen LogP contribution in [0.15, 0.2) is 28.8 Å². The van der Waals surface area contributed by atoms with Gasteiger partial charge in [0.05, 0.1) is 6.04 Å². The molecule has 1 fully saturated rings. The van der Waals surface area contributed by atoms with Crippen molar-refractivity contribution in [3.63, 3.8) is 0 Å². The highest BCUT2D eigenvalue weighted by molar-refractivity contribution is 5.76. The van der Waals surface area contributed by atoms with E-state index in [0.717, 1.165) is 18.7 Å². The number of hydrogen-bond donors (Lipinski definition) is 1. The number of rotatable bonds is 5. The molecule has 0 spiro atoms. The Bertz CT molecular complexity index is 733. The minimum Gasteiger partial charge on any atom is -0.340 e. The van der Waals surface area contributed by atoms with Crippen molar-refractivity contribution in [2.75, 3.05) is 26.2 Å². The Balaban J connectivity index is 1.60. The van der Waals surface area contributed by atoms with E-state index < -0.39 is 0 Å². The van der Waals surface area contributed by atoms with E-state index in [2.05, 4.69) is 22.0 Å². The summed E-state index contributed by atoms with van der Waals surface area (Å²) in [5.41, 5.74) is 7.87. The second-order valence-corrected chi connectivity index (χ2v) is 7.10. The number of nitrogens with two attached hydrogens (primary N) is 1. The molecule has 1 aromatic heterocycles. The van der Waals surface area contributed by atoms with Crippen molar-refractivity contribution in [1.29, 1.82) is 0 Å². The van der Waals surface area contributed by atoms with E-state index in [4.69, 9.17) is 10.3 Å². The monoisotopic (exact) mass is 357 g/mol. The van der Waals surface area contributed by atoms with E-state index in [1.54, 1.807) is 0 Å². The first-order chi connectivity index (χ1) is 12.4. The van der Waals surface area contributed by atoms with Crippen LogP contribution in [0.3, 0.4) is 0 Å². The van der Waals surface area contributed by atoms with Gasteiger partial charge in [-0.05, 0) is 20.8 Å². The fourth-order valence-electron chi connectivity index (χ4n) is 3.14. The number of benzene rings is 1. The molecule has 1 saturated heterocycles. The van der Waals surface area contributed by atoms with Gasteiger partial charge in [0.1, 0.15) is 0 Å². The normalized spacial score (nSPS) is 17.9. The second kappa shape index (κ2) is 7.97. The maximum Gasteiger partial charge on any atom is 0.244 e. The van der Waals surface area contributed by atoms with Crippen LogP contribution in [-0.2, 0) is 4.79 Å². The summed E-state index contributed by atoms with van der Waals surface area (Å²) >= 11 is 0. The Kier molecular flexibility index (Phi) is 5.68. The van der Waals surface area contributed by atoms with Crippen LogP contribution in [0.2, 0.25) is 0 Å². The first kappa shape index (κ1) is 18.5. The van der Waals surface area contributed by atoms with Gasteiger partial charge in [-0.1, -0.05) is 35.0 Å². The van der Waals surface area contributed by atoms with Crippen molar-refractivity contribution in [2.45, 2.75) is 39.3 Å². The number of aromatic nitrogens is 2. The predicted octanol–water partition coefficient (Wildman–Crippen LogP) is 1.99. The summed E-state index contributed by atoms with van der Waals surface area (Å²) in [6, 6.07) is 7.99. The van der Waals surface area contributed by atoms with Crippen molar-refractivity contribution in [2.24, 2.45) is 5.73 Å². The lowest BCUT2D eigenvalue weighted by atomic mass is 10.1. The minimum atomic E-state index is -0.0990. The Labute approximate surface area is 154 Å². The second-order valence-electron chi connectivity index (χ2n) is 7.10. The third-order valence-corrected chi connectivity index (χ3v) is 4.82. The van der Waals surface area contributed by atoms with Gasteiger partial charge in [-0.25, -0.2) is 0 Å². The molecule has 1 amide bonds. The summed E-state index contributed by atoms with van der Waals surface area (Å²) in [5.74, 6) is 1.35. The lowest BCUT2D eigenvalue weighted by molar-refractivity contribution is -0.133. The Morgan fingerprint density at radius 2 is 1.85 bits per heavy atom. The Morgan fingerprint density at radius 3 is 2.46 bits per heavy atom. The molecule has 2 atom stereocenters. The highest BCUT2D eigenvalue weighted by Gasteiger charge is 2.27. The molecular weight excluding hydrogens is 330 g/mol. The summed E-state index contributed by atoms with van der Waals surface area (Å²) in [6.07, 6.45) is 0.402. The van der Waals surface area contributed by atoms with Crippen molar-refractivity contribution in [3.8, 4) is 11.4 Å². The molecule has 2 heterocycles. The Morgan fingerprint density at radius 1 is 1.19 bits per heavy atom. The number of nitrogens with zero attached hydrogens (tertiary/aromatic N) is 4. The molecule has 140 valence electrons. The highest BCUT2D eigenvalue weighted by Crippen LogP contribution is 2.23. The highest BCUT2D eigenvalue weighted by atomic mass is 16.5. The molecular formula is C19H27N5O2. The molecule has 1 aliphatic heterocycles. The maximum absolute atomic E-state index is 12.1. The van der Waals surface area contributed by atoms with Gasteiger partial charge in [-0.3, -0.25) is 9.69 Å². The topological polar surface area (TPSA) is 88.5 Å². The number of piperazine rings is 1. The predicted molar refractivity (Wildman–Crippen MR) is 99.3 cm³/mol. The van der Waals surface area contributed by atoms with Crippen LogP contribution in [-0.4, -0.2) is 58.1 Å². The van der Waals surface area contributed by atoms with E-state index in [1.165, 1.54) is 5.56 Å². The number of amides is 1. The van der Waals surface area contributed by atoms with Crippen LogP contribution < -0.4 is 5.73 Å². The number of carbonyl (C=O) groups excluding carboxylic acids is 1. The lowest BCUT2D eigenvalue weighted by Gasteiger charge is -2.37. The quantitative estimate of drug-likeness (QED) is 0.880. The summed E-state index contributed by atoms with van der Waals surface area (Å²) in [4.78, 5) is 20.8. The zero-order valence-corrected chi connectivity index (χ0v) is 15.7. The molecule has 7 nitrogen and oxygen atoms in total. The maximum atomic E-state index is 12.1. The molecule has 3 rings (SSSR count). The first-order valence-electron chi connectivity index (χ1n) is 9.12. The average Bonchev–Trinajstić information content (AvgIpc) is 3.11. The van der Waals surface area contributed by atoms with Gasteiger partial charge in [0, 0.05) is 44.2 Å². The van der Waals surface area contributed by atoms with Gasteiger partial charge in [-0.15, -0.1) is 0 Å². The summed E-state index contributed by atoms with van der Waals surface area (Å²) in [6.45, 7) is 8.95. The number of carbonyl (C=O) groups is 1. The summed E-state index contributed by atoms with van der Waals surface area (Å²) < 4.78 is 5.49. The summed E-state index contributed by atoms with van der Waals surface area (Å²) in [5, 5.41) is 4.12. The van der Waals surface area contributed by atoms with Gasteiger partial charge < -0.3 is 15.2 Å². The van der Waals surface area contributed by atoms with Crippen LogP contribution in [0, 0.1) is 6.92 Å². The zero-order valence-electron chi connectivity index (χ0n) is 15.7. The van der Waals surface area contributed by atoms with E-state index in [0.29, 0.717) is 31.2 Å². The van der Waals surface area contributed by atoms with Crippen molar-refractivity contribution in [3.05, 3.63) is 35.7 Å². The van der Waals surface area contributed by atoms with Gasteiger partial charge in [0.25, 0.3) is 0 Å². The molecule has 0 bridgehead atoms. The van der Waals surface area contributed by atoms with Crippen LogP contribution in [0.25, 0.3) is 11.4 Å². The van der Waals surface area contributed by atoms with Crippen LogP contribution in [0.5, 0.6) is 0 Å². The number of hydrogen-bond acceptors (Lipinski definition) is 6. The Hall–Kier alpha value is -2.25. The average molecular weight is 357 g/mol. The molecule has 1 aliphatic rings. The largest absolute Gasteiger partial charge is 0.340 e. The molecule has 2 aromatic rings. The van der Waals surface area contributed by atoms with Gasteiger partial charge in [0.2, 0.25) is 17.6 Å². The lowest BCUT2D eigenvalue weighted by Crippen LogP contribution is -2.50. The molecule has 0 aliphatic carbocycles.